The molecule has 0 N–H and O–H groups in total. The normalized spacial score (nSPS) is 23.4. The van der Waals surface area contributed by atoms with Crippen molar-refractivity contribution < 1.29 is 14.1 Å². The summed E-state index contributed by atoms with van der Waals surface area (Å²) in [7, 11) is 6.15. The maximum atomic E-state index is 11.5. The summed E-state index contributed by atoms with van der Waals surface area (Å²) >= 11 is 0. The van der Waals surface area contributed by atoms with E-state index in [0.29, 0.717) is 13.0 Å². The van der Waals surface area contributed by atoms with Gasteiger partial charge in [0.25, 0.3) is 0 Å². The zero-order valence-corrected chi connectivity index (χ0v) is 9.41. The van der Waals surface area contributed by atoms with Crippen molar-refractivity contribution in [1.29, 1.82) is 0 Å². The molecule has 0 aromatic carbocycles. The summed E-state index contributed by atoms with van der Waals surface area (Å²) in [4.78, 5) is 24.3. The standard InChI is InChI=1S/C10H19N2O2/c1-8-7-9(13)11(10(8)14)5-6-12(2,3)4/h8H,5-7H2,1-4H3/q+1. The van der Waals surface area contributed by atoms with Crippen LogP contribution in [0, 0.1) is 5.92 Å². The topological polar surface area (TPSA) is 37.4 Å². The molecule has 0 aromatic heterocycles. The summed E-state index contributed by atoms with van der Waals surface area (Å²) in [5, 5.41) is 0. The minimum Gasteiger partial charge on any atom is -0.329 e. The molecule has 14 heavy (non-hydrogen) atoms. The smallest absolute Gasteiger partial charge is 0.232 e. The highest BCUT2D eigenvalue weighted by Crippen LogP contribution is 2.18. The van der Waals surface area contributed by atoms with E-state index in [2.05, 4.69) is 21.1 Å². The fourth-order valence-corrected chi connectivity index (χ4v) is 1.48. The van der Waals surface area contributed by atoms with Crippen molar-refractivity contribution in [2.45, 2.75) is 13.3 Å². The Morgan fingerprint density at radius 2 is 1.93 bits per heavy atom. The molecule has 0 radical (unpaired) electrons. The molecule has 80 valence electrons. The maximum Gasteiger partial charge on any atom is 0.232 e. The number of nitrogens with zero attached hydrogens (tertiary/aromatic N) is 2. The number of likely N-dealkylation sites (N-methyl/N-ethyl adjacent to an activating group) is 1. The molecule has 2 amide bonds. The molecular formula is C10H19N2O2+. The quantitative estimate of drug-likeness (QED) is 0.477. The minimum atomic E-state index is -0.116. The summed E-state index contributed by atoms with van der Waals surface area (Å²) in [6.45, 7) is 3.17. The zero-order chi connectivity index (χ0) is 10.9. The van der Waals surface area contributed by atoms with Gasteiger partial charge in [-0.1, -0.05) is 6.92 Å². The van der Waals surface area contributed by atoms with Gasteiger partial charge in [0.2, 0.25) is 11.8 Å². The molecule has 1 rings (SSSR count). The maximum absolute atomic E-state index is 11.5. The number of amides is 2. The van der Waals surface area contributed by atoms with Crippen LogP contribution in [0.4, 0.5) is 0 Å². The molecule has 1 aliphatic heterocycles. The van der Waals surface area contributed by atoms with Crippen molar-refractivity contribution in [3.63, 3.8) is 0 Å². The SMILES string of the molecule is CC1CC(=O)N(CC[N+](C)(C)C)C1=O. The van der Waals surface area contributed by atoms with Crippen LogP contribution in [-0.4, -0.2) is 55.4 Å². The van der Waals surface area contributed by atoms with Gasteiger partial charge >= 0.3 is 0 Å². The van der Waals surface area contributed by atoms with Gasteiger partial charge in [-0.15, -0.1) is 0 Å². The second-order valence-corrected chi connectivity index (χ2v) is 5.00. The van der Waals surface area contributed by atoms with E-state index in [9.17, 15) is 9.59 Å². The number of carbonyl (C=O) groups is 2. The van der Waals surface area contributed by atoms with Crippen molar-refractivity contribution in [1.82, 2.24) is 4.90 Å². The molecule has 1 aliphatic rings. The van der Waals surface area contributed by atoms with E-state index in [0.717, 1.165) is 11.0 Å². The molecular weight excluding hydrogens is 180 g/mol. The summed E-state index contributed by atoms with van der Waals surface area (Å²) < 4.78 is 0.769. The Bertz CT molecular complexity index is 255. The summed E-state index contributed by atoms with van der Waals surface area (Å²) in [5.74, 6) is -0.144. The van der Waals surface area contributed by atoms with E-state index in [-0.39, 0.29) is 17.7 Å². The van der Waals surface area contributed by atoms with Crippen LogP contribution >= 0.6 is 0 Å². The highest BCUT2D eigenvalue weighted by Gasteiger charge is 2.35. The first kappa shape index (κ1) is 11.2. The molecule has 1 atom stereocenters. The van der Waals surface area contributed by atoms with Gasteiger partial charge in [-0.2, -0.15) is 0 Å². The average molecular weight is 199 g/mol. The third kappa shape index (κ3) is 2.54. The lowest BCUT2D eigenvalue weighted by atomic mass is 10.1. The van der Waals surface area contributed by atoms with Gasteiger partial charge in [0.05, 0.1) is 34.2 Å². The lowest BCUT2D eigenvalue weighted by Crippen LogP contribution is -2.43. The summed E-state index contributed by atoms with van der Waals surface area (Å²) in [6.07, 6.45) is 0.385. The van der Waals surface area contributed by atoms with Crippen LogP contribution < -0.4 is 0 Å². The number of imide groups is 1. The fourth-order valence-electron chi connectivity index (χ4n) is 1.48. The molecule has 1 saturated heterocycles. The van der Waals surface area contributed by atoms with E-state index in [1.54, 1.807) is 0 Å². The van der Waals surface area contributed by atoms with Gasteiger partial charge in [-0.05, 0) is 0 Å². The number of rotatable bonds is 3. The fraction of sp³-hybridized carbons (Fsp3) is 0.800. The molecule has 1 unspecified atom stereocenters. The first-order chi connectivity index (χ1) is 6.31. The Kier molecular flexibility index (Phi) is 2.95. The second kappa shape index (κ2) is 3.69. The Morgan fingerprint density at radius 1 is 1.36 bits per heavy atom. The number of carbonyl (C=O) groups excluding carboxylic acids is 2. The number of hydrogen-bond acceptors (Lipinski definition) is 2. The van der Waals surface area contributed by atoms with Gasteiger partial charge in [-0.3, -0.25) is 14.5 Å². The molecule has 0 bridgehead atoms. The van der Waals surface area contributed by atoms with Gasteiger partial charge < -0.3 is 4.48 Å². The highest BCUT2D eigenvalue weighted by atomic mass is 16.2. The van der Waals surface area contributed by atoms with Crippen LogP contribution in [0.25, 0.3) is 0 Å². The Morgan fingerprint density at radius 3 is 2.29 bits per heavy atom. The van der Waals surface area contributed by atoms with Crippen molar-refractivity contribution in [3.8, 4) is 0 Å². The van der Waals surface area contributed by atoms with Crippen LogP contribution in [0.15, 0.2) is 0 Å². The molecule has 0 aliphatic carbocycles. The minimum absolute atomic E-state index is 0.0107. The van der Waals surface area contributed by atoms with Crippen LogP contribution in [0.2, 0.25) is 0 Å². The first-order valence-corrected chi connectivity index (χ1v) is 4.96. The molecule has 1 heterocycles. The summed E-state index contributed by atoms with van der Waals surface area (Å²) in [5.41, 5.74) is 0. The number of quaternary nitrogens is 1. The van der Waals surface area contributed by atoms with E-state index >= 15 is 0 Å². The summed E-state index contributed by atoms with van der Waals surface area (Å²) in [6, 6.07) is 0. The Balaban J connectivity index is 2.53. The first-order valence-electron chi connectivity index (χ1n) is 4.96. The highest BCUT2D eigenvalue weighted by molar-refractivity contribution is 6.03. The lowest BCUT2D eigenvalue weighted by Gasteiger charge is -2.26. The van der Waals surface area contributed by atoms with Crippen LogP contribution in [0.5, 0.6) is 0 Å². The zero-order valence-electron chi connectivity index (χ0n) is 9.41. The van der Waals surface area contributed by atoms with Crippen LogP contribution in [0.1, 0.15) is 13.3 Å². The van der Waals surface area contributed by atoms with Crippen molar-refractivity contribution in [2.24, 2.45) is 5.92 Å². The average Bonchev–Trinajstić information content (AvgIpc) is 2.23. The van der Waals surface area contributed by atoms with E-state index < -0.39 is 0 Å². The molecule has 4 heteroatoms. The number of hydrogen-bond donors (Lipinski definition) is 0. The Labute approximate surface area is 85.1 Å². The second-order valence-electron chi connectivity index (χ2n) is 5.00. The predicted octanol–water partition coefficient (Wildman–Crippen LogP) is 0.0876. The van der Waals surface area contributed by atoms with Crippen molar-refractivity contribution in [3.05, 3.63) is 0 Å². The third-order valence-corrected chi connectivity index (χ3v) is 2.46. The molecule has 4 nitrogen and oxygen atoms in total. The largest absolute Gasteiger partial charge is 0.329 e. The monoisotopic (exact) mass is 199 g/mol. The van der Waals surface area contributed by atoms with Crippen LogP contribution in [-0.2, 0) is 9.59 Å². The third-order valence-electron chi connectivity index (χ3n) is 2.46. The van der Waals surface area contributed by atoms with Crippen molar-refractivity contribution >= 4 is 11.8 Å². The van der Waals surface area contributed by atoms with E-state index in [4.69, 9.17) is 0 Å². The van der Waals surface area contributed by atoms with Gasteiger partial charge in [0.15, 0.2) is 0 Å². The lowest BCUT2D eigenvalue weighted by molar-refractivity contribution is -0.869. The van der Waals surface area contributed by atoms with E-state index in [1.807, 2.05) is 6.92 Å². The molecule has 0 saturated carbocycles. The molecule has 0 aromatic rings. The molecule has 0 spiro atoms. The van der Waals surface area contributed by atoms with Gasteiger partial charge in [0.1, 0.15) is 0 Å². The predicted molar refractivity (Wildman–Crippen MR) is 53.4 cm³/mol. The van der Waals surface area contributed by atoms with Gasteiger partial charge in [0, 0.05) is 12.3 Å². The van der Waals surface area contributed by atoms with Crippen molar-refractivity contribution in [2.75, 3.05) is 34.2 Å². The van der Waals surface area contributed by atoms with E-state index in [1.165, 1.54) is 4.90 Å². The molecule has 1 fully saturated rings. The Hall–Kier alpha value is -0.900. The van der Waals surface area contributed by atoms with Crippen LogP contribution in [0.3, 0.4) is 0 Å². The van der Waals surface area contributed by atoms with Gasteiger partial charge in [-0.25, -0.2) is 0 Å². The number of likely N-dealkylation sites (tertiary alicyclic amines) is 1.